The van der Waals surface area contributed by atoms with Gasteiger partial charge in [0.15, 0.2) is 0 Å². The molecule has 0 radical (unpaired) electrons. The highest BCUT2D eigenvalue weighted by Gasteiger charge is 2.27. The minimum Gasteiger partial charge on any atom is -0.159 e. The van der Waals surface area contributed by atoms with Gasteiger partial charge in [0.2, 0.25) is 8.58 Å². The molecular weight excluding hydrogens is 530 g/mol. The van der Waals surface area contributed by atoms with Crippen molar-refractivity contribution in [2.45, 2.75) is 73.9 Å². The highest BCUT2D eigenvalue weighted by atomic mass is 127. The molecule has 0 aromatic carbocycles. The molecule has 0 N–H and O–H groups in total. The second kappa shape index (κ2) is 12.4. The molecule has 0 aromatic rings. The van der Waals surface area contributed by atoms with E-state index >= 15 is 0 Å². The predicted molar refractivity (Wildman–Crippen MR) is 139 cm³/mol. The number of halogens is 2. The lowest BCUT2D eigenvalue weighted by atomic mass is 9.73. The average molecular weight is 569 g/mol. The van der Waals surface area contributed by atoms with E-state index in [1.165, 1.54) is 30.6 Å². The fraction of sp³-hybridized carbons (Fsp3) is 0.812. The van der Waals surface area contributed by atoms with Crippen LogP contribution in [0, 0.1) is 16.7 Å². The Balaban J connectivity index is -0.000000154. The van der Waals surface area contributed by atoms with Crippen LogP contribution in [-0.2, 0) is 0 Å². The molecule has 0 rings (SSSR count). The largest absolute Gasteiger partial charge is 0.240 e. The van der Waals surface area contributed by atoms with E-state index in [1.807, 2.05) is 0 Å². The van der Waals surface area contributed by atoms with Crippen LogP contribution in [0.5, 0.6) is 0 Å². The molecule has 0 aliphatic heterocycles. The highest BCUT2D eigenvalue weighted by Crippen LogP contribution is 2.35. The van der Waals surface area contributed by atoms with Crippen LogP contribution in [0.1, 0.15) is 64.2 Å². The molecular formula is C16H39B2I2P2+. The van der Waals surface area contributed by atoms with E-state index in [0.717, 1.165) is 6.42 Å². The van der Waals surface area contributed by atoms with Crippen LogP contribution in [0.25, 0.3) is 0 Å². The minimum atomic E-state index is 0. The van der Waals surface area contributed by atoms with Gasteiger partial charge in [-0.25, -0.2) is 0 Å². The summed E-state index contributed by atoms with van der Waals surface area (Å²) < 4.78 is 1.39. The van der Waals surface area contributed by atoms with Crippen molar-refractivity contribution < 1.29 is 2.85 Å². The maximum absolute atomic E-state index is 3.94. The van der Waals surface area contributed by atoms with Crippen molar-refractivity contribution in [3.05, 3.63) is 18.1 Å². The van der Waals surface area contributed by atoms with E-state index in [2.05, 4.69) is 118 Å². The Morgan fingerprint density at radius 3 is 1.68 bits per heavy atom. The van der Waals surface area contributed by atoms with Crippen molar-refractivity contribution in [1.82, 2.24) is 0 Å². The van der Waals surface area contributed by atoms with Gasteiger partial charge in [-0.2, -0.15) is 18.2 Å². The number of allylic oxidation sites excluding steroid dienone is 1. The molecule has 0 spiro atoms. The first-order chi connectivity index (χ1) is 9.67. The van der Waals surface area contributed by atoms with Crippen molar-refractivity contribution in [3.63, 3.8) is 0 Å². The van der Waals surface area contributed by atoms with Crippen LogP contribution < -0.4 is 0 Å². The summed E-state index contributed by atoms with van der Waals surface area (Å²) in [6, 6.07) is 0. The summed E-state index contributed by atoms with van der Waals surface area (Å²) in [5.41, 5.74) is 2.18. The molecule has 0 aliphatic carbocycles. The van der Waals surface area contributed by atoms with Crippen LogP contribution in [0.15, 0.2) is 12.2 Å². The van der Waals surface area contributed by atoms with Gasteiger partial charge in [-0.1, -0.05) is 45.9 Å². The van der Waals surface area contributed by atoms with E-state index in [1.54, 1.807) is 0 Å². The summed E-state index contributed by atoms with van der Waals surface area (Å²) in [7, 11) is 5.70. The lowest BCUT2D eigenvalue weighted by Gasteiger charge is -2.25. The van der Waals surface area contributed by atoms with Crippen LogP contribution >= 0.6 is 63.0 Å². The zero-order chi connectivity index (χ0) is 18.1. The Kier molecular flexibility index (Phi) is 14.8. The summed E-state index contributed by atoms with van der Waals surface area (Å²) in [5.74, 6) is 1.54. The third-order valence-electron chi connectivity index (χ3n) is 3.11. The summed E-state index contributed by atoms with van der Waals surface area (Å²) in [4.78, 5) is 0. The lowest BCUT2D eigenvalue weighted by Crippen LogP contribution is -2.16. The molecule has 2 atom stereocenters. The van der Waals surface area contributed by atoms with Gasteiger partial charge in [-0.3, -0.25) is 0 Å². The standard InChI is InChI=1S/C8H18BIP.C8H17BIP.2H2/c2*1-7(2)5-8(3,4)6-9(10)11;;/h5-6,11H2,1-4H3;1,5-6,11H2,2-4H3;2*1H/q+1;;;. The zero-order valence-corrected chi connectivity index (χ0v) is 22.2. The highest BCUT2D eigenvalue weighted by molar-refractivity contribution is 14.1. The summed E-state index contributed by atoms with van der Waals surface area (Å²) >= 11 is 4.92. The topological polar surface area (TPSA) is 0 Å². The Bertz CT molecular complexity index is 315. The van der Waals surface area contributed by atoms with Crippen molar-refractivity contribution in [3.8, 4) is 0 Å². The molecule has 0 nitrogen and oxygen atoms in total. The van der Waals surface area contributed by atoms with E-state index in [-0.39, 0.29) is 2.85 Å². The first-order valence-corrected chi connectivity index (χ1v) is 11.7. The molecule has 22 heavy (non-hydrogen) atoms. The van der Waals surface area contributed by atoms with E-state index in [9.17, 15) is 0 Å². The van der Waals surface area contributed by atoms with Gasteiger partial charge in [0.05, 0.1) is 26.2 Å². The van der Waals surface area contributed by atoms with Crippen molar-refractivity contribution in [2.75, 3.05) is 0 Å². The Morgan fingerprint density at radius 1 is 1.05 bits per heavy atom. The lowest BCUT2D eigenvalue weighted by molar-refractivity contribution is 0.388. The van der Waals surface area contributed by atoms with Crippen LogP contribution in [0.2, 0.25) is 12.6 Å². The first kappa shape index (κ1) is 26.3. The van der Waals surface area contributed by atoms with E-state index in [4.69, 9.17) is 0 Å². The summed E-state index contributed by atoms with van der Waals surface area (Å²) in [5, 5.41) is 0. The van der Waals surface area contributed by atoms with Gasteiger partial charge < -0.3 is 0 Å². The normalized spacial score (nSPS) is 11.4. The van der Waals surface area contributed by atoms with Crippen LogP contribution in [0.4, 0.5) is 0 Å². The second-order valence-electron chi connectivity index (χ2n) is 8.29. The molecule has 0 aromatic heterocycles. The van der Waals surface area contributed by atoms with Crippen molar-refractivity contribution >= 4 is 71.6 Å². The van der Waals surface area contributed by atoms with Gasteiger partial charge in [-0.15, -0.1) is 51.3 Å². The number of hydrogen-bond donors (Lipinski definition) is 0. The molecule has 0 aliphatic rings. The van der Waals surface area contributed by atoms with Crippen molar-refractivity contribution in [2.24, 2.45) is 10.8 Å². The monoisotopic (exact) mass is 569 g/mol. The van der Waals surface area contributed by atoms with E-state index < -0.39 is 0 Å². The van der Waals surface area contributed by atoms with Gasteiger partial charge in [-0.05, 0) is 24.2 Å². The van der Waals surface area contributed by atoms with Gasteiger partial charge in [0, 0.05) is 2.85 Å². The molecule has 0 saturated heterocycles. The van der Waals surface area contributed by atoms with Crippen molar-refractivity contribution in [1.29, 1.82) is 0 Å². The molecule has 2 unspecified atom stereocenters. The molecule has 0 bridgehead atoms. The minimum absolute atomic E-state index is 0. The zero-order valence-electron chi connectivity index (χ0n) is 15.6. The third-order valence-corrected chi connectivity index (χ3v) is 4.46. The van der Waals surface area contributed by atoms with Gasteiger partial charge in [0.1, 0.15) is 0 Å². The van der Waals surface area contributed by atoms with E-state index in [0.29, 0.717) is 19.4 Å². The van der Waals surface area contributed by atoms with Crippen LogP contribution in [-0.4, -0.2) is 8.58 Å². The molecule has 0 amide bonds. The SMILES string of the molecule is C=C(C)CC(C)(C)CB(P)I.C[C+](C)CC(C)(C)CB(P)I.[HH].[HH]. The fourth-order valence-corrected chi connectivity index (χ4v) is 6.63. The maximum Gasteiger partial charge on any atom is 0.240 e. The molecule has 132 valence electrons. The Labute approximate surface area is 176 Å². The molecule has 0 fully saturated rings. The molecule has 6 heteroatoms. The fourth-order valence-electron chi connectivity index (χ4n) is 2.97. The Morgan fingerprint density at radius 2 is 1.41 bits per heavy atom. The Hall–Kier alpha value is 2.06. The summed E-state index contributed by atoms with van der Waals surface area (Å²) in [6.07, 6.45) is 4.91. The smallest absolute Gasteiger partial charge is 0.159 e. The molecule has 0 heterocycles. The number of rotatable bonds is 8. The average Bonchev–Trinajstić information content (AvgIpc) is 2.06. The first-order valence-electron chi connectivity index (χ1n) is 7.89. The van der Waals surface area contributed by atoms with Gasteiger partial charge >= 0.3 is 0 Å². The van der Waals surface area contributed by atoms with Gasteiger partial charge in [0.25, 0.3) is 0 Å². The third kappa shape index (κ3) is 20.1. The quantitative estimate of drug-likeness (QED) is 0.0913. The number of hydrogen-bond acceptors (Lipinski definition) is 0. The summed E-state index contributed by atoms with van der Waals surface area (Å²) in [6.45, 7) is 19.8. The second-order valence-corrected chi connectivity index (χ2v) is 15.8. The maximum atomic E-state index is 3.94. The molecule has 0 saturated carbocycles. The van der Waals surface area contributed by atoms with Crippen LogP contribution in [0.3, 0.4) is 0 Å². The predicted octanol–water partition coefficient (Wildman–Crippen LogP) is 8.08.